The minimum absolute atomic E-state index is 0.0374. The first-order valence-corrected chi connectivity index (χ1v) is 11.5. The van der Waals surface area contributed by atoms with Gasteiger partial charge in [0.05, 0.1) is 16.8 Å². The van der Waals surface area contributed by atoms with Crippen LogP contribution in [0.1, 0.15) is 72.5 Å². The summed E-state index contributed by atoms with van der Waals surface area (Å²) in [5.41, 5.74) is 3.39. The Morgan fingerprint density at radius 3 is 2.62 bits per heavy atom. The van der Waals surface area contributed by atoms with Crippen molar-refractivity contribution in [3.8, 4) is 0 Å². The number of hydrogen-bond donors (Lipinski definition) is 1. The molecule has 3 aromatic rings. The van der Waals surface area contributed by atoms with Crippen molar-refractivity contribution in [2.75, 3.05) is 0 Å². The molecule has 5 heteroatoms. The number of pyridine rings is 2. The van der Waals surface area contributed by atoms with Crippen molar-refractivity contribution in [3.05, 3.63) is 78.0 Å². The molecule has 2 aliphatic rings. The average Bonchev–Trinajstić information content (AvgIpc) is 3.58. The Labute approximate surface area is 188 Å². The van der Waals surface area contributed by atoms with Gasteiger partial charge in [-0.2, -0.15) is 0 Å². The van der Waals surface area contributed by atoms with Crippen LogP contribution in [-0.4, -0.2) is 21.4 Å². The van der Waals surface area contributed by atoms with Gasteiger partial charge in [-0.1, -0.05) is 6.58 Å². The molecule has 4 nitrogen and oxygen atoms in total. The van der Waals surface area contributed by atoms with Gasteiger partial charge in [0, 0.05) is 23.3 Å². The molecule has 0 aliphatic heterocycles. The van der Waals surface area contributed by atoms with E-state index < -0.39 is 0 Å². The minimum Gasteiger partial charge on any atom is -0.347 e. The van der Waals surface area contributed by atoms with Gasteiger partial charge < -0.3 is 5.32 Å². The molecule has 5 rings (SSSR count). The fourth-order valence-electron chi connectivity index (χ4n) is 5.23. The van der Waals surface area contributed by atoms with E-state index in [9.17, 15) is 9.18 Å². The molecule has 0 saturated heterocycles. The van der Waals surface area contributed by atoms with Crippen molar-refractivity contribution in [1.29, 1.82) is 0 Å². The average molecular weight is 430 g/mol. The normalized spacial score (nSPS) is 21.8. The number of hydrogen-bond acceptors (Lipinski definition) is 3. The van der Waals surface area contributed by atoms with Crippen molar-refractivity contribution in [2.24, 2.45) is 5.92 Å². The number of nitrogens with zero attached hydrogens (tertiary/aromatic N) is 2. The van der Waals surface area contributed by atoms with Crippen LogP contribution >= 0.6 is 0 Å². The maximum absolute atomic E-state index is 13.8. The zero-order valence-corrected chi connectivity index (χ0v) is 18.2. The van der Waals surface area contributed by atoms with Gasteiger partial charge in [0.25, 0.3) is 5.91 Å². The molecule has 1 amide bonds. The molecule has 2 fully saturated rings. The van der Waals surface area contributed by atoms with Gasteiger partial charge in [0.15, 0.2) is 0 Å². The zero-order chi connectivity index (χ0) is 22.1. The summed E-state index contributed by atoms with van der Waals surface area (Å²) in [7, 11) is 0. The third kappa shape index (κ3) is 4.29. The summed E-state index contributed by atoms with van der Waals surface area (Å²) >= 11 is 0. The highest BCUT2D eigenvalue weighted by molar-refractivity contribution is 5.94. The third-order valence-electron chi connectivity index (χ3n) is 7.19. The predicted octanol–water partition coefficient (Wildman–Crippen LogP) is 6.04. The van der Waals surface area contributed by atoms with Crippen molar-refractivity contribution in [1.82, 2.24) is 15.3 Å². The quantitative estimate of drug-likeness (QED) is 0.520. The molecule has 0 bridgehead atoms. The number of aromatic nitrogens is 2. The number of nitrogens with one attached hydrogen (secondary N) is 1. The molecule has 2 saturated carbocycles. The molecular formula is C27H28FN3O. The van der Waals surface area contributed by atoms with E-state index in [1.807, 2.05) is 18.3 Å². The van der Waals surface area contributed by atoms with Crippen LogP contribution < -0.4 is 5.32 Å². The molecule has 2 aromatic heterocycles. The summed E-state index contributed by atoms with van der Waals surface area (Å²) < 4.78 is 13.8. The SMILES string of the molecule is C=Cc1ccc(C(=O)NC2(CC3CCC(c4ccnc5ccc(F)cc45)CC3)CC2)cn1. The van der Waals surface area contributed by atoms with E-state index in [1.54, 1.807) is 24.4 Å². The van der Waals surface area contributed by atoms with Crippen LogP contribution in [0, 0.1) is 11.7 Å². The zero-order valence-electron chi connectivity index (χ0n) is 18.2. The van der Waals surface area contributed by atoms with Crippen molar-refractivity contribution in [2.45, 2.75) is 56.4 Å². The van der Waals surface area contributed by atoms with E-state index in [4.69, 9.17) is 0 Å². The summed E-state index contributed by atoms with van der Waals surface area (Å²) in [6, 6.07) is 10.5. The number of carbonyl (C=O) groups excluding carboxylic acids is 1. The van der Waals surface area contributed by atoms with Gasteiger partial charge in [-0.05, 0) is 105 Å². The second-order valence-corrected chi connectivity index (χ2v) is 9.39. The third-order valence-corrected chi connectivity index (χ3v) is 7.19. The van der Waals surface area contributed by atoms with Gasteiger partial charge in [0.1, 0.15) is 5.82 Å². The first-order valence-electron chi connectivity index (χ1n) is 11.5. The first-order chi connectivity index (χ1) is 15.5. The largest absolute Gasteiger partial charge is 0.347 e. The molecule has 0 radical (unpaired) electrons. The van der Waals surface area contributed by atoms with Crippen LogP contribution in [0.2, 0.25) is 0 Å². The molecule has 1 N–H and O–H groups in total. The summed E-state index contributed by atoms with van der Waals surface area (Å²) in [5.74, 6) is 0.809. The molecule has 0 unspecified atom stereocenters. The van der Waals surface area contributed by atoms with Gasteiger partial charge in [-0.25, -0.2) is 4.39 Å². The molecule has 2 aliphatic carbocycles. The fourth-order valence-corrected chi connectivity index (χ4v) is 5.23. The lowest BCUT2D eigenvalue weighted by atomic mass is 9.75. The van der Waals surface area contributed by atoms with Crippen LogP contribution in [0.25, 0.3) is 17.0 Å². The van der Waals surface area contributed by atoms with Crippen LogP contribution in [-0.2, 0) is 0 Å². The van der Waals surface area contributed by atoms with Crippen LogP contribution in [0.4, 0.5) is 4.39 Å². The fraction of sp³-hybridized carbons (Fsp3) is 0.370. The minimum atomic E-state index is -0.207. The van der Waals surface area contributed by atoms with E-state index >= 15 is 0 Å². The van der Waals surface area contributed by atoms with E-state index in [0.717, 1.165) is 61.5 Å². The van der Waals surface area contributed by atoms with Crippen LogP contribution in [0.15, 0.2) is 55.4 Å². The second kappa shape index (κ2) is 8.45. The van der Waals surface area contributed by atoms with Gasteiger partial charge in [-0.3, -0.25) is 14.8 Å². The highest BCUT2D eigenvalue weighted by atomic mass is 19.1. The Morgan fingerprint density at radius 1 is 1.12 bits per heavy atom. The first kappa shape index (κ1) is 20.8. The summed E-state index contributed by atoms with van der Waals surface area (Å²) in [6.07, 6.45) is 12.7. The van der Waals surface area contributed by atoms with E-state index in [1.165, 1.54) is 11.6 Å². The molecule has 0 atom stereocenters. The van der Waals surface area contributed by atoms with Crippen molar-refractivity contribution in [3.63, 3.8) is 0 Å². The summed E-state index contributed by atoms with van der Waals surface area (Å²) in [4.78, 5) is 21.4. The highest BCUT2D eigenvalue weighted by Crippen LogP contribution is 2.47. The standard InChI is InChI=1S/C27H28FN3O/c1-2-22-9-7-20(17-30-22)26(32)31-27(12-13-27)16-18-3-5-19(6-4-18)23-11-14-29-25-10-8-21(28)15-24(23)25/h2,7-11,14-15,17-19H,1,3-6,12-13,16H2,(H,31,32). The smallest absolute Gasteiger partial charge is 0.253 e. The van der Waals surface area contributed by atoms with Gasteiger partial charge in [0.2, 0.25) is 0 Å². The lowest BCUT2D eigenvalue weighted by Crippen LogP contribution is -2.38. The Hall–Kier alpha value is -3.08. The Kier molecular flexibility index (Phi) is 5.50. The number of fused-ring (bicyclic) bond motifs is 1. The second-order valence-electron chi connectivity index (χ2n) is 9.39. The maximum Gasteiger partial charge on any atom is 0.253 e. The van der Waals surface area contributed by atoms with Gasteiger partial charge >= 0.3 is 0 Å². The van der Waals surface area contributed by atoms with Crippen molar-refractivity contribution >= 4 is 22.9 Å². The lowest BCUT2D eigenvalue weighted by molar-refractivity contribution is 0.0920. The number of amides is 1. The van der Waals surface area contributed by atoms with Crippen molar-refractivity contribution < 1.29 is 9.18 Å². The predicted molar refractivity (Wildman–Crippen MR) is 125 cm³/mol. The molecule has 2 heterocycles. The summed E-state index contributed by atoms with van der Waals surface area (Å²) in [5, 5.41) is 4.23. The summed E-state index contributed by atoms with van der Waals surface area (Å²) in [6.45, 7) is 3.70. The van der Waals surface area contributed by atoms with Gasteiger partial charge in [-0.15, -0.1) is 0 Å². The monoisotopic (exact) mass is 429 g/mol. The Morgan fingerprint density at radius 2 is 1.94 bits per heavy atom. The lowest BCUT2D eigenvalue weighted by Gasteiger charge is -2.32. The topological polar surface area (TPSA) is 54.9 Å². The Balaban J connectivity index is 1.20. The van der Waals surface area contributed by atoms with E-state index in [2.05, 4.69) is 27.9 Å². The number of carbonyl (C=O) groups is 1. The molecular weight excluding hydrogens is 401 g/mol. The Bertz CT molecular complexity index is 1150. The maximum atomic E-state index is 13.8. The van der Waals surface area contributed by atoms with E-state index in [0.29, 0.717) is 17.4 Å². The highest BCUT2D eigenvalue weighted by Gasteiger charge is 2.46. The molecule has 1 aromatic carbocycles. The molecule has 0 spiro atoms. The molecule has 32 heavy (non-hydrogen) atoms. The van der Waals surface area contributed by atoms with E-state index in [-0.39, 0.29) is 17.3 Å². The number of halogens is 1. The number of rotatable bonds is 6. The molecule has 164 valence electrons. The van der Waals surface area contributed by atoms with Crippen LogP contribution in [0.5, 0.6) is 0 Å². The number of benzene rings is 1. The van der Waals surface area contributed by atoms with Crippen LogP contribution in [0.3, 0.4) is 0 Å².